The standard InChI is InChI=1S/C19H17NO5/c1-2-22-15-6-4-3-5-14(15)20-10-12-7-19(21)25-16-9-18-17(8-13(12)16)23-11-24-18/h3-9,20H,2,10-11H2,1H3. The van der Waals surface area contributed by atoms with Crippen LogP contribution in [0.5, 0.6) is 17.2 Å². The molecule has 0 saturated carbocycles. The minimum absolute atomic E-state index is 0.172. The van der Waals surface area contributed by atoms with Gasteiger partial charge in [-0.05, 0) is 30.7 Å². The summed E-state index contributed by atoms with van der Waals surface area (Å²) in [5.41, 5.74) is 1.76. The molecule has 1 aliphatic heterocycles. The predicted octanol–water partition coefficient (Wildman–Crippen LogP) is 3.53. The van der Waals surface area contributed by atoms with Crippen molar-refractivity contribution >= 4 is 16.7 Å². The lowest BCUT2D eigenvalue weighted by Crippen LogP contribution is -2.07. The second-order valence-electron chi connectivity index (χ2n) is 5.58. The quantitative estimate of drug-likeness (QED) is 0.717. The number of benzene rings is 2. The van der Waals surface area contributed by atoms with Gasteiger partial charge in [-0.2, -0.15) is 0 Å². The summed E-state index contributed by atoms with van der Waals surface area (Å²) in [6, 6.07) is 12.7. The van der Waals surface area contributed by atoms with Crippen LogP contribution in [0, 0.1) is 0 Å². The van der Waals surface area contributed by atoms with E-state index in [4.69, 9.17) is 18.6 Å². The summed E-state index contributed by atoms with van der Waals surface area (Å²) in [6.45, 7) is 3.15. The Hall–Kier alpha value is -3.15. The number of hydrogen-bond donors (Lipinski definition) is 1. The number of fused-ring (bicyclic) bond motifs is 2. The lowest BCUT2D eigenvalue weighted by molar-refractivity contribution is 0.174. The number of nitrogens with one attached hydrogen (secondary N) is 1. The molecule has 1 aliphatic rings. The first-order valence-corrected chi connectivity index (χ1v) is 8.06. The minimum Gasteiger partial charge on any atom is -0.492 e. The maximum absolute atomic E-state index is 11.9. The molecule has 0 amide bonds. The lowest BCUT2D eigenvalue weighted by Gasteiger charge is -2.13. The third-order valence-corrected chi connectivity index (χ3v) is 3.98. The highest BCUT2D eigenvalue weighted by atomic mass is 16.7. The molecule has 2 aromatic carbocycles. The van der Waals surface area contributed by atoms with Crippen LogP contribution < -0.4 is 25.2 Å². The molecule has 0 bridgehead atoms. The predicted molar refractivity (Wildman–Crippen MR) is 93.5 cm³/mol. The van der Waals surface area contributed by atoms with E-state index in [1.165, 1.54) is 6.07 Å². The fourth-order valence-corrected chi connectivity index (χ4v) is 2.85. The molecule has 128 valence electrons. The molecule has 0 fully saturated rings. The van der Waals surface area contributed by atoms with E-state index in [9.17, 15) is 4.79 Å². The van der Waals surface area contributed by atoms with Crippen LogP contribution in [-0.4, -0.2) is 13.4 Å². The zero-order valence-corrected chi connectivity index (χ0v) is 13.7. The van der Waals surface area contributed by atoms with Crippen molar-refractivity contribution in [2.45, 2.75) is 13.5 Å². The number of anilines is 1. The molecule has 25 heavy (non-hydrogen) atoms. The summed E-state index contributed by atoms with van der Waals surface area (Å²) < 4.78 is 21.7. The molecule has 0 atom stereocenters. The summed E-state index contributed by atoms with van der Waals surface area (Å²) in [5.74, 6) is 2.01. The van der Waals surface area contributed by atoms with E-state index in [2.05, 4.69) is 5.32 Å². The van der Waals surface area contributed by atoms with Crippen LogP contribution in [0.15, 0.2) is 51.7 Å². The molecule has 6 heteroatoms. The smallest absolute Gasteiger partial charge is 0.336 e. The fraction of sp³-hybridized carbons (Fsp3) is 0.211. The van der Waals surface area contributed by atoms with Gasteiger partial charge in [-0.15, -0.1) is 0 Å². The van der Waals surface area contributed by atoms with E-state index < -0.39 is 5.63 Å². The molecule has 3 aromatic rings. The summed E-state index contributed by atoms with van der Waals surface area (Å²) in [5, 5.41) is 4.13. The third kappa shape index (κ3) is 2.98. The van der Waals surface area contributed by atoms with Crippen molar-refractivity contribution in [3.8, 4) is 17.2 Å². The van der Waals surface area contributed by atoms with Gasteiger partial charge in [0, 0.05) is 24.1 Å². The van der Waals surface area contributed by atoms with Gasteiger partial charge in [-0.25, -0.2) is 4.79 Å². The zero-order valence-electron chi connectivity index (χ0n) is 13.7. The zero-order chi connectivity index (χ0) is 17.2. The lowest BCUT2D eigenvalue weighted by atomic mass is 10.1. The summed E-state index contributed by atoms with van der Waals surface area (Å²) in [4.78, 5) is 11.9. The van der Waals surface area contributed by atoms with E-state index in [1.807, 2.05) is 37.3 Å². The Balaban J connectivity index is 1.69. The second-order valence-corrected chi connectivity index (χ2v) is 5.58. The first-order valence-electron chi connectivity index (χ1n) is 8.06. The molecule has 1 aromatic heterocycles. The van der Waals surface area contributed by atoms with Gasteiger partial charge < -0.3 is 23.9 Å². The average Bonchev–Trinajstić information content (AvgIpc) is 3.06. The Labute approximate surface area is 143 Å². The first-order chi connectivity index (χ1) is 12.2. The molecule has 0 unspecified atom stereocenters. The Morgan fingerprint density at radius 1 is 1.12 bits per heavy atom. The van der Waals surface area contributed by atoms with Crippen LogP contribution in [-0.2, 0) is 6.54 Å². The number of hydrogen-bond acceptors (Lipinski definition) is 6. The maximum atomic E-state index is 11.9. The van der Waals surface area contributed by atoms with Crippen LogP contribution in [0.1, 0.15) is 12.5 Å². The Bertz CT molecular complexity index is 979. The summed E-state index contributed by atoms with van der Waals surface area (Å²) in [7, 11) is 0. The molecule has 0 spiro atoms. The van der Waals surface area contributed by atoms with E-state index in [0.29, 0.717) is 30.2 Å². The highest BCUT2D eigenvalue weighted by molar-refractivity contribution is 5.84. The first kappa shape index (κ1) is 15.4. The normalized spacial score (nSPS) is 12.4. The van der Waals surface area contributed by atoms with Crippen molar-refractivity contribution in [3.05, 3.63) is 58.4 Å². The molecule has 2 heterocycles. The van der Waals surface area contributed by atoms with Crippen LogP contribution in [0.4, 0.5) is 5.69 Å². The van der Waals surface area contributed by atoms with Crippen LogP contribution in [0.3, 0.4) is 0 Å². The van der Waals surface area contributed by atoms with Gasteiger partial charge in [-0.1, -0.05) is 12.1 Å². The van der Waals surface area contributed by atoms with Crippen molar-refractivity contribution in [2.75, 3.05) is 18.7 Å². The van der Waals surface area contributed by atoms with Crippen LogP contribution in [0.25, 0.3) is 11.0 Å². The highest BCUT2D eigenvalue weighted by Crippen LogP contribution is 2.37. The molecule has 0 aliphatic carbocycles. The molecule has 6 nitrogen and oxygen atoms in total. The van der Waals surface area contributed by atoms with Gasteiger partial charge in [0.25, 0.3) is 0 Å². The van der Waals surface area contributed by atoms with Crippen molar-refractivity contribution in [2.24, 2.45) is 0 Å². The van der Waals surface area contributed by atoms with Gasteiger partial charge in [0.1, 0.15) is 11.3 Å². The maximum Gasteiger partial charge on any atom is 0.336 e. The number of para-hydroxylation sites is 2. The Morgan fingerprint density at radius 3 is 2.76 bits per heavy atom. The van der Waals surface area contributed by atoms with E-state index in [-0.39, 0.29) is 6.79 Å². The van der Waals surface area contributed by atoms with E-state index in [1.54, 1.807) is 6.07 Å². The molecule has 4 rings (SSSR count). The molecule has 1 N–H and O–H groups in total. The number of rotatable bonds is 5. The fourth-order valence-electron chi connectivity index (χ4n) is 2.85. The van der Waals surface area contributed by atoms with Gasteiger partial charge >= 0.3 is 5.63 Å². The SMILES string of the molecule is CCOc1ccccc1NCc1cc(=O)oc2cc3c(cc12)OCO3. The summed E-state index contributed by atoms with van der Waals surface area (Å²) >= 11 is 0. The Morgan fingerprint density at radius 2 is 1.92 bits per heavy atom. The minimum atomic E-state index is -0.402. The average molecular weight is 339 g/mol. The third-order valence-electron chi connectivity index (χ3n) is 3.98. The topological polar surface area (TPSA) is 69.9 Å². The van der Waals surface area contributed by atoms with E-state index in [0.717, 1.165) is 22.4 Å². The molecule has 0 radical (unpaired) electrons. The highest BCUT2D eigenvalue weighted by Gasteiger charge is 2.17. The second kappa shape index (κ2) is 6.39. The van der Waals surface area contributed by atoms with Crippen LogP contribution in [0.2, 0.25) is 0 Å². The molecular weight excluding hydrogens is 322 g/mol. The van der Waals surface area contributed by atoms with Gasteiger partial charge in [-0.3, -0.25) is 0 Å². The van der Waals surface area contributed by atoms with Gasteiger partial charge in [0.15, 0.2) is 11.5 Å². The summed E-state index contributed by atoms with van der Waals surface area (Å²) in [6.07, 6.45) is 0. The Kier molecular flexibility index (Phi) is 3.93. The van der Waals surface area contributed by atoms with E-state index >= 15 is 0 Å². The van der Waals surface area contributed by atoms with Crippen molar-refractivity contribution < 1.29 is 18.6 Å². The van der Waals surface area contributed by atoms with Crippen molar-refractivity contribution in [1.29, 1.82) is 0 Å². The monoisotopic (exact) mass is 339 g/mol. The van der Waals surface area contributed by atoms with Crippen molar-refractivity contribution in [3.63, 3.8) is 0 Å². The molecule has 0 saturated heterocycles. The van der Waals surface area contributed by atoms with Gasteiger partial charge in [0.05, 0.1) is 12.3 Å². The largest absolute Gasteiger partial charge is 0.492 e. The molecular formula is C19H17NO5. The van der Waals surface area contributed by atoms with Gasteiger partial charge in [0.2, 0.25) is 6.79 Å². The van der Waals surface area contributed by atoms with Crippen LogP contribution >= 0.6 is 0 Å². The van der Waals surface area contributed by atoms with Crippen molar-refractivity contribution in [1.82, 2.24) is 0 Å². The number of ether oxygens (including phenoxy) is 3.